The van der Waals surface area contributed by atoms with Crippen molar-refractivity contribution in [3.8, 4) is 0 Å². The van der Waals surface area contributed by atoms with Crippen molar-refractivity contribution in [1.29, 1.82) is 0 Å². The van der Waals surface area contributed by atoms with Crippen LogP contribution < -0.4 is 0 Å². The molecule has 0 aromatic carbocycles. The lowest BCUT2D eigenvalue weighted by Crippen LogP contribution is -2.24. The molecule has 0 radical (unpaired) electrons. The fourth-order valence-corrected chi connectivity index (χ4v) is 0.471. The largest absolute Gasteiger partial charge is 0.466 e. The fraction of sp³-hybridized carbons (Fsp3) is 0.857. The van der Waals surface area contributed by atoms with Crippen molar-refractivity contribution in [2.24, 2.45) is 5.92 Å². The van der Waals surface area contributed by atoms with Crippen LogP contribution >= 0.6 is 0 Å². The van der Waals surface area contributed by atoms with Gasteiger partial charge in [-0.2, -0.15) is 0 Å². The van der Waals surface area contributed by atoms with E-state index >= 15 is 0 Å². The van der Waals surface area contributed by atoms with Gasteiger partial charge >= 0.3 is 5.97 Å². The molecule has 3 heteroatoms. The van der Waals surface area contributed by atoms with Crippen LogP contribution in [0, 0.1) is 5.92 Å². The molecule has 60 valence electrons. The van der Waals surface area contributed by atoms with Crippen LogP contribution in [-0.4, -0.2) is 23.8 Å². The van der Waals surface area contributed by atoms with Gasteiger partial charge in [0.15, 0.2) is 0 Å². The topological polar surface area (TPSA) is 46.5 Å². The molecule has 1 unspecified atom stereocenters. The van der Waals surface area contributed by atoms with Crippen LogP contribution in [-0.2, 0) is 9.53 Å². The van der Waals surface area contributed by atoms with Crippen LogP contribution in [0.5, 0.6) is 0 Å². The van der Waals surface area contributed by atoms with E-state index in [2.05, 4.69) is 4.74 Å². The van der Waals surface area contributed by atoms with E-state index in [1.807, 2.05) is 0 Å². The van der Waals surface area contributed by atoms with Crippen LogP contribution in [0.3, 0.4) is 0 Å². The minimum atomic E-state index is -0.626. The van der Waals surface area contributed by atoms with Crippen LogP contribution in [0.2, 0.25) is 0 Å². The molecular weight excluding hydrogens is 132 g/mol. The molecule has 0 rings (SSSR count). The van der Waals surface area contributed by atoms with Gasteiger partial charge in [-0.15, -0.1) is 0 Å². The SMILES string of the molecule is CCOC(=O)C(C)[C@@H](C)O. The van der Waals surface area contributed by atoms with E-state index in [1.54, 1.807) is 20.8 Å². The Kier molecular flexibility index (Phi) is 4.03. The molecule has 0 fully saturated rings. The van der Waals surface area contributed by atoms with E-state index in [1.165, 1.54) is 0 Å². The van der Waals surface area contributed by atoms with Crippen molar-refractivity contribution in [3.63, 3.8) is 0 Å². The third-order valence-corrected chi connectivity index (χ3v) is 1.38. The summed E-state index contributed by atoms with van der Waals surface area (Å²) in [4.78, 5) is 10.8. The number of aliphatic hydroxyl groups is 1. The first-order chi connectivity index (χ1) is 4.59. The number of hydrogen-bond donors (Lipinski definition) is 1. The Bertz CT molecular complexity index is 109. The second kappa shape index (κ2) is 4.28. The predicted octanol–water partition coefficient (Wildman–Crippen LogP) is 0.566. The van der Waals surface area contributed by atoms with Crippen LogP contribution in [0.25, 0.3) is 0 Å². The van der Waals surface area contributed by atoms with Gasteiger partial charge in [-0.3, -0.25) is 4.79 Å². The fourth-order valence-electron chi connectivity index (χ4n) is 0.471. The van der Waals surface area contributed by atoms with Crippen molar-refractivity contribution in [2.45, 2.75) is 26.9 Å². The normalized spacial score (nSPS) is 16.0. The molecule has 10 heavy (non-hydrogen) atoms. The van der Waals surface area contributed by atoms with Crippen molar-refractivity contribution >= 4 is 5.97 Å². The Morgan fingerprint density at radius 3 is 2.40 bits per heavy atom. The summed E-state index contributed by atoms with van der Waals surface area (Å²) < 4.78 is 4.67. The minimum Gasteiger partial charge on any atom is -0.466 e. The number of ether oxygens (including phenoxy) is 1. The van der Waals surface area contributed by atoms with Gasteiger partial charge < -0.3 is 9.84 Å². The highest BCUT2D eigenvalue weighted by molar-refractivity contribution is 5.72. The zero-order chi connectivity index (χ0) is 8.15. The van der Waals surface area contributed by atoms with Crippen molar-refractivity contribution < 1.29 is 14.6 Å². The molecule has 0 aliphatic heterocycles. The Morgan fingerprint density at radius 2 is 2.10 bits per heavy atom. The predicted molar refractivity (Wildman–Crippen MR) is 37.5 cm³/mol. The Labute approximate surface area is 61.0 Å². The number of carbonyl (C=O) groups is 1. The number of rotatable bonds is 3. The molecule has 0 aliphatic carbocycles. The number of hydrogen-bond acceptors (Lipinski definition) is 3. The molecule has 0 aromatic rings. The van der Waals surface area contributed by atoms with E-state index in [0.29, 0.717) is 6.61 Å². The van der Waals surface area contributed by atoms with Crippen molar-refractivity contribution in [1.82, 2.24) is 0 Å². The average molecular weight is 146 g/mol. The van der Waals surface area contributed by atoms with E-state index in [9.17, 15) is 4.79 Å². The zero-order valence-electron chi connectivity index (χ0n) is 6.63. The lowest BCUT2D eigenvalue weighted by Gasteiger charge is -2.11. The summed E-state index contributed by atoms with van der Waals surface area (Å²) in [5.41, 5.74) is 0. The third kappa shape index (κ3) is 2.82. The molecule has 1 N–H and O–H groups in total. The molecule has 0 bridgehead atoms. The average Bonchev–Trinajstić information content (AvgIpc) is 1.87. The van der Waals surface area contributed by atoms with E-state index in [4.69, 9.17) is 5.11 Å². The van der Waals surface area contributed by atoms with Crippen LogP contribution in [0.1, 0.15) is 20.8 Å². The standard InChI is InChI=1S/C7H14O3/c1-4-10-7(9)5(2)6(3)8/h5-6,8H,4H2,1-3H3/t5?,6-/m1/s1. The van der Waals surface area contributed by atoms with E-state index < -0.39 is 12.0 Å². The maximum Gasteiger partial charge on any atom is 0.311 e. The molecule has 2 atom stereocenters. The summed E-state index contributed by atoms with van der Waals surface area (Å²) in [5.74, 6) is -0.752. The lowest BCUT2D eigenvalue weighted by molar-refractivity contribution is -0.150. The molecule has 0 aromatic heterocycles. The van der Waals surface area contributed by atoms with E-state index in [-0.39, 0.29) is 5.97 Å². The second-order valence-corrected chi connectivity index (χ2v) is 2.28. The van der Waals surface area contributed by atoms with Crippen molar-refractivity contribution in [3.05, 3.63) is 0 Å². The maximum atomic E-state index is 10.8. The van der Waals surface area contributed by atoms with Crippen LogP contribution in [0.4, 0.5) is 0 Å². The molecule has 0 aliphatic rings. The first kappa shape index (κ1) is 9.43. The summed E-state index contributed by atoms with van der Waals surface area (Å²) in [6.45, 7) is 5.33. The third-order valence-electron chi connectivity index (χ3n) is 1.38. The summed E-state index contributed by atoms with van der Waals surface area (Å²) in [7, 11) is 0. The first-order valence-corrected chi connectivity index (χ1v) is 3.44. The summed E-state index contributed by atoms with van der Waals surface area (Å²) >= 11 is 0. The van der Waals surface area contributed by atoms with Gasteiger partial charge in [-0.25, -0.2) is 0 Å². The number of esters is 1. The first-order valence-electron chi connectivity index (χ1n) is 3.44. The monoisotopic (exact) mass is 146 g/mol. The van der Waals surface area contributed by atoms with Gasteiger partial charge in [0.25, 0.3) is 0 Å². The zero-order valence-corrected chi connectivity index (χ0v) is 6.63. The summed E-state index contributed by atoms with van der Waals surface area (Å²) in [6.07, 6.45) is -0.626. The molecule has 0 saturated heterocycles. The number of aliphatic hydroxyl groups excluding tert-OH is 1. The Balaban J connectivity index is 3.71. The van der Waals surface area contributed by atoms with Gasteiger partial charge in [0.05, 0.1) is 18.6 Å². The molecule has 3 nitrogen and oxygen atoms in total. The quantitative estimate of drug-likeness (QED) is 0.592. The summed E-state index contributed by atoms with van der Waals surface area (Å²) in [6, 6.07) is 0. The van der Waals surface area contributed by atoms with Gasteiger partial charge in [0, 0.05) is 0 Å². The molecular formula is C7H14O3. The maximum absolute atomic E-state index is 10.8. The Morgan fingerprint density at radius 1 is 1.60 bits per heavy atom. The highest BCUT2D eigenvalue weighted by Gasteiger charge is 2.18. The van der Waals surface area contributed by atoms with Gasteiger partial charge in [0.2, 0.25) is 0 Å². The highest BCUT2D eigenvalue weighted by atomic mass is 16.5. The highest BCUT2D eigenvalue weighted by Crippen LogP contribution is 2.03. The van der Waals surface area contributed by atoms with Gasteiger partial charge in [0.1, 0.15) is 0 Å². The minimum absolute atomic E-state index is 0.336. The summed E-state index contributed by atoms with van der Waals surface area (Å²) in [5, 5.41) is 8.92. The molecule has 0 amide bonds. The molecule has 0 heterocycles. The Hall–Kier alpha value is -0.570. The number of carbonyl (C=O) groups excluding carboxylic acids is 1. The van der Waals surface area contributed by atoms with Gasteiger partial charge in [-0.1, -0.05) is 0 Å². The lowest BCUT2D eigenvalue weighted by atomic mass is 10.1. The molecule has 0 spiro atoms. The van der Waals surface area contributed by atoms with E-state index in [0.717, 1.165) is 0 Å². The van der Waals surface area contributed by atoms with Crippen molar-refractivity contribution in [2.75, 3.05) is 6.61 Å². The van der Waals surface area contributed by atoms with Crippen LogP contribution in [0.15, 0.2) is 0 Å². The molecule has 0 saturated carbocycles. The second-order valence-electron chi connectivity index (χ2n) is 2.28. The van der Waals surface area contributed by atoms with Gasteiger partial charge in [-0.05, 0) is 20.8 Å². The smallest absolute Gasteiger partial charge is 0.311 e.